The highest BCUT2D eigenvalue weighted by molar-refractivity contribution is 7.89. The highest BCUT2D eigenvalue weighted by Crippen LogP contribution is 2.27. The third-order valence-electron chi connectivity index (χ3n) is 5.17. The summed E-state index contributed by atoms with van der Waals surface area (Å²) < 4.78 is 27.6. The molecular formula is C19H22N4O3S2. The molecule has 4 heterocycles. The van der Waals surface area contributed by atoms with Gasteiger partial charge in [0.2, 0.25) is 10.0 Å². The normalized spacial score (nSPS) is 16.0. The van der Waals surface area contributed by atoms with Gasteiger partial charge in [0.05, 0.1) is 4.88 Å². The minimum atomic E-state index is -3.64. The number of thiophene rings is 1. The fourth-order valence-electron chi connectivity index (χ4n) is 3.55. The Morgan fingerprint density at radius 3 is 2.71 bits per heavy atom. The molecule has 0 radical (unpaired) electrons. The number of aromatic nitrogens is 2. The third kappa shape index (κ3) is 3.23. The van der Waals surface area contributed by atoms with Gasteiger partial charge >= 0.3 is 0 Å². The minimum Gasteiger partial charge on any atom is -0.345 e. The lowest BCUT2D eigenvalue weighted by Crippen LogP contribution is -2.50. The number of aromatic amines is 1. The molecule has 4 rings (SSSR count). The van der Waals surface area contributed by atoms with Crippen LogP contribution in [0.15, 0.2) is 35.5 Å². The summed E-state index contributed by atoms with van der Waals surface area (Å²) in [5, 5.41) is 0.585. The average molecular weight is 419 g/mol. The van der Waals surface area contributed by atoms with Crippen molar-refractivity contribution in [2.45, 2.75) is 25.2 Å². The number of aryl methyl sites for hydroxylation is 2. The van der Waals surface area contributed by atoms with Crippen LogP contribution in [-0.2, 0) is 16.4 Å². The topological polar surface area (TPSA) is 86.4 Å². The van der Waals surface area contributed by atoms with Gasteiger partial charge in [-0.25, -0.2) is 13.4 Å². The maximum atomic E-state index is 13.1. The lowest BCUT2D eigenvalue weighted by molar-refractivity contribution is 0.0703. The van der Waals surface area contributed by atoms with Gasteiger partial charge in [-0.05, 0) is 37.1 Å². The second-order valence-corrected chi connectivity index (χ2v) is 9.96. The summed E-state index contributed by atoms with van der Waals surface area (Å²) in [4.78, 5) is 23.7. The molecule has 0 atom stereocenters. The van der Waals surface area contributed by atoms with Crippen molar-refractivity contribution < 1.29 is 13.2 Å². The van der Waals surface area contributed by atoms with E-state index in [9.17, 15) is 13.2 Å². The van der Waals surface area contributed by atoms with E-state index >= 15 is 0 Å². The number of nitrogens with one attached hydrogen (secondary N) is 1. The molecule has 3 aromatic rings. The second kappa shape index (κ2) is 7.31. The van der Waals surface area contributed by atoms with Crippen LogP contribution in [0.4, 0.5) is 0 Å². The average Bonchev–Trinajstić information content (AvgIpc) is 3.31. The van der Waals surface area contributed by atoms with Gasteiger partial charge in [-0.2, -0.15) is 4.31 Å². The molecule has 0 aromatic carbocycles. The van der Waals surface area contributed by atoms with Gasteiger partial charge < -0.3 is 9.88 Å². The molecule has 0 unspecified atom stereocenters. The van der Waals surface area contributed by atoms with E-state index in [0.717, 1.165) is 11.3 Å². The lowest BCUT2D eigenvalue weighted by atomic mass is 10.2. The zero-order chi connectivity index (χ0) is 19.9. The SMILES string of the molecule is CCc1cc(C(=O)N2CCN(S(=O)(=O)c3c[nH]c4ncccc34)CC2)sc1C. The number of hydrogen-bond acceptors (Lipinski definition) is 5. The Labute approximate surface area is 168 Å². The number of rotatable bonds is 4. The number of amides is 1. The zero-order valence-corrected chi connectivity index (χ0v) is 17.4. The van der Waals surface area contributed by atoms with Gasteiger partial charge in [0, 0.05) is 48.8 Å². The van der Waals surface area contributed by atoms with E-state index in [2.05, 4.69) is 16.9 Å². The summed E-state index contributed by atoms with van der Waals surface area (Å²) in [7, 11) is -3.64. The van der Waals surface area contributed by atoms with Crippen LogP contribution in [0.5, 0.6) is 0 Å². The van der Waals surface area contributed by atoms with E-state index in [0.29, 0.717) is 24.1 Å². The number of piperazine rings is 1. The van der Waals surface area contributed by atoms with Crippen molar-refractivity contribution in [3.63, 3.8) is 0 Å². The number of nitrogens with zero attached hydrogens (tertiary/aromatic N) is 3. The highest BCUT2D eigenvalue weighted by atomic mass is 32.2. The number of carbonyl (C=O) groups excluding carboxylic acids is 1. The van der Waals surface area contributed by atoms with E-state index in [4.69, 9.17) is 0 Å². The zero-order valence-electron chi connectivity index (χ0n) is 15.8. The Balaban J connectivity index is 1.49. The summed E-state index contributed by atoms with van der Waals surface area (Å²) >= 11 is 1.51. The van der Waals surface area contributed by atoms with E-state index in [1.54, 1.807) is 23.2 Å². The molecule has 1 N–H and O–H groups in total. The molecule has 9 heteroatoms. The molecule has 1 aliphatic heterocycles. The Kier molecular flexibility index (Phi) is 4.98. The first-order valence-corrected chi connectivity index (χ1v) is 11.5. The summed E-state index contributed by atoms with van der Waals surface area (Å²) in [6.07, 6.45) is 4.02. The molecule has 3 aromatic heterocycles. The quantitative estimate of drug-likeness (QED) is 0.706. The highest BCUT2D eigenvalue weighted by Gasteiger charge is 2.32. The van der Waals surface area contributed by atoms with Crippen molar-refractivity contribution in [1.29, 1.82) is 0 Å². The summed E-state index contributed by atoms with van der Waals surface area (Å²) in [6, 6.07) is 5.43. The van der Waals surface area contributed by atoms with Crippen molar-refractivity contribution in [2.75, 3.05) is 26.2 Å². The predicted octanol–water partition coefficient (Wildman–Crippen LogP) is 2.64. The fraction of sp³-hybridized carbons (Fsp3) is 0.368. The van der Waals surface area contributed by atoms with E-state index in [1.165, 1.54) is 32.3 Å². The number of carbonyl (C=O) groups is 1. The van der Waals surface area contributed by atoms with Crippen LogP contribution in [0, 0.1) is 6.92 Å². The number of H-pyrrole nitrogens is 1. The predicted molar refractivity (Wildman–Crippen MR) is 109 cm³/mol. The first kappa shape index (κ1) is 19.1. The van der Waals surface area contributed by atoms with Crippen LogP contribution in [0.3, 0.4) is 0 Å². The van der Waals surface area contributed by atoms with Crippen LogP contribution >= 0.6 is 11.3 Å². The summed E-state index contributed by atoms with van der Waals surface area (Å²) in [5.41, 5.74) is 1.75. The number of fused-ring (bicyclic) bond motifs is 1. The minimum absolute atomic E-state index is 0.0128. The molecule has 28 heavy (non-hydrogen) atoms. The van der Waals surface area contributed by atoms with Crippen molar-refractivity contribution in [3.8, 4) is 0 Å². The third-order valence-corrected chi connectivity index (χ3v) is 8.19. The Hall–Kier alpha value is -2.23. The second-order valence-electron chi connectivity index (χ2n) is 6.79. The van der Waals surface area contributed by atoms with Gasteiger partial charge in [0.25, 0.3) is 5.91 Å². The molecule has 0 aliphatic carbocycles. The molecule has 1 aliphatic rings. The van der Waals surface area contributed by atoms with Gasteiger partial charge in [-0.15, -0.1) is 11.3 Å². The first-order valence-electron chi connectivity index (χ1n) is 9.22. The van der Waals surface area contributed by atoms with Crippen LogP contribution < -0.4 is 0 Å². The van der Waals surface area contributed by atoms with Crippen molar-refractivity contribution >= 4 is 38.3 Å². The molecule has 1 amide bonds. The summed E-state index contributed by atoms with van der Waals surface area (Å²) in [5.74, 6) is -0.0128. The Morgan fingerprint density at radius 2 is 2.04 bits per heavy atom. The van der Waals surface area contributed by atoms with Gasteiger partial charge in [0.15, 0.2) is 0 Å². The molecule has 0 bridgehead atoms. The van der Waals surface area contributed by atoms with Crippen molar-refractivity contribution in [3.05, 3.63) is 45.9 Å². The van der Waals surface area contributed by atoms with Crippen molar-refractivity contribution in [2.24, 2.45) is 0 Å². The largest absolute Gasteiger partial charge is 0.345 e. The maximum absolute atomic E-state index is 13.1. The van der Waals surface area contributed by atoms with Crippen LogP contribution in [0.2, 0.25) is 0 Å². The summed E-state index contributed by atoms with van der Waals surface area (Å²) in [6.45, 7) is 5.44. The number of sulfonamides is 1. The van der Waals surface area contributed by atoms with Crippen molar-refractivity contribution in [1.82, 2.24) is 19.2 Å². The molecular weight excluding hydrogens is 396 g/mol. The Bertz CT molecular complexity index is 1130. The van der Waals surface area contributed by atoms with Crippen LogP contribution in [0.1, 0.15) is 27.0 Å². The number of hydrogen-bond donors (Lipinski definition) is 1. The van der Waals surface area contributed by atoms with E-state index in [1.807, 2.05) is 13.0 Å². The molecule has 148 valence electrons. The molecule has 7 nitrogen and oxygen atoms in total. The molecule has 0 saturated carbocycles. The van der Waals surface area contributed by atoms with Crippen LogP contribution in [-0.4, -0.2) is 59.7 Å². The van der Waals surface area contributed by atoms with Gasteiger partial charge in [0.1, 0.15) is 10.5 Å². The molecule has 1 saturated heterocycles. The fourth-order valence-corrected chi connectivity index (χ4v) is 6.20. The first-order chi connectivity index (χ1) is 13.4. The van der Waals surface area contributed by atoms with E-state index < -0.39 is 10.0 Å². The monoisotopic (exact) mass is 418 g/mol. The molecule has 0 spiro atoms. The lowest BCUT2D eigenvalue weighted by Gasteiger charge is -2.33. The maximum Gasteiger partial charge on any atom is 0.264 e. The smallest absolute Gasteiger partial charge is 0.264 e. The van der Waals surface area contributed by atoms with Crippen LogP contribution in [0.25, 0.3) is 11.0 Å². The van der Waals surface area contributed by atoms with Gasteiger partial charge in [-0.3, -0.25) is 4.79 Å². The van der Waals surface area contributed by atoms with Gasteiger partial charge in [-0.1, -0.05) is 6.92 Å². The molecule has 1 fully saturated rings. The number of pyridine rings is 1. The van der Waals surface area contributed by atoms with E-state index in [-0.39, 0.29) is 23.9 Å². The standard InChI is InChI=1S/C19H22N4O3S2/c1-3-14-11-16(27-13(14)2)19(24)22-7-9-23(10-8-22)28(25,26)17-12-21-18-15(17)5-4-6-20-18/h4-6,11-12H,3,7-10H2,1-2H3,(H,20,21). The Morgan fingerprint density at radius 1 is 1.29 bits per heavy atom.